The van der Waals surface area contributed by atoms with E-state index < -0.39 is 16.1 Å². The summed E-state index contributed by atoms with van der Waals surface area (Å²) >= 11 is 0.799. The third-order valence-corrected chi connectivity index (χ3v) is 6.70. The molecule has 2 rings (SSSR count). The number of aromatic nitrogens is 2. The van der Waals surface area contributed by atoms with Gasteiger partial charge in [0.05, 0.1) is 7.11 Å². The fraction of sp³-hybridized carbons (Fsp3) is 0.471. The van der Waals surface area contributed by atoms with Crippen molar-refractivity contribution in [1.82, 2.24) is 14.9 Å². The maximum Gasteiger partial charge on any atom is 0.270 e. The van der Waals surface area contributed by atoms with E-state index in [9.17, 15) is 13.2 Å². The number of benzene rings is 1. The Bertz CT molecular complexity index is 938. The van der Waals surface area contributed by atoms with Crippen molar-refractivity contribution in [3.8, 4) is 5.75 Å². The zero-order valence-corrected chi connectivity index (χ0v) is 17.8. The average molecular weight is 413 g/mol. The van der Waals surface area contributed by atoms with Gasteiger partial charge >= 0.3 is 0 Å². The molecule has 27 heavy (non-hydrogen) atoms. The number of anilines is 1. The Morgan fingerprint density at radius 3 is 2.41 bits per heavy atom. The number of sulfonamides is 1. The lowest BCUT2D eigenvalue weighted by Gasteiger charge is -2.20. The van der Waals surface area contributed by atoms with Gasteiger partial charge in [0, 0.05) is 13.0 Å². The van der Waals surface area contributed by atoms with E-state index in [1.54, 1.807) is 14.0 Å². The number of carbonyl (C=O) groups is 1. The smallest absolute Gasteiger partial charge is 0.270 e. The van der Waals surface area contributed by atoms with E-state index in [2.05, 4.69) is 34.1 Å². The van der Waals surface area contributed by atoms with Gasteiger partial charge in [-0.1, -0.05) is 25.2 Å². The SMILES string of the molecule is COc1cc(C)c([C@H](C)NS(=O)(=O)c2nnc(NC(C)=O)s2)cc1C(C)C. The van der Waals surface area contributed by atoms with Crippen LogP contribution in [-0.2, 0) is 14.8 Å². The molecular weight excluding hydrogens is 388 g/mol. The summed E-state index contributed by atoms with van der Waals surface area (Å²) in [5.74, 6) is 0.670. The number of nitrogens with zero attached hydrogens (tertiary/aromatic N) is 2. The van der Waals surface area contributed by atoms with Gasteiger partial charge < -0.3 is 10.1 Å². The zero-order valence-electron chi connectivity index (χ0n) is 16.2. The van der Waals surface area contributed by atoms with Gasteiger partial charge in [-0.25, -0.2) is 13.1 Å². The summed E-state index contributed by atoms with van der Waals surface area (Å²) in [5, 5.41) is 9.91. The molecule has 0 saturated carbocycles. The maximum atomic E-state index is 12.6. The van der Waals surface area contributed by atoms with Crippen LogP contribution in [0.1, 0.15) is 56.3 Å². The first-order valence-electron chi connectivity index (χ1n) is 8.37. The van der Waals surface area contributed by atoms with E-state index in [1.807, 2.05) is 19.1 Å². The molecule has 148 valence electrons. The summed E-state index contributed by atoms with van der Waals surface area (Å²) in [7, 11) is -2.26. The minimum Gasteiger partial charge on any atom is -0.496 e. The zero-order chi connectivity index (χ0) is 20.4. The molecule has 0 saturated heterocycles. The normalized spacial score (nSPS) is 12.9. The highest BCUT2D eigenvalue weighted by molar-refractivity contribution is 7.91. The molecule has 8 nitrogen and oxygen atoms in total. The number of nitrogens with one attached hydrogen (secondary N) is 2. The first kappa shape index (κ1) is 21.3. The molecule has 0 fully saturated rings. The molecule has 1 aromatic carbocycles. The number of ether oxygens (including phenoxy) is 1. The predicted molar refractivity (Wildman–Crippen MR) is 105 cm³/mol. The highest BCUT2D eigenvalue weighted by atomic mass is 32.2. The van der Waals surface area contributed by atoms with Crippen molar-refractivity contribution in [1.29, 1.82) is 0 Å². The average Bonchev–Trinajstić information content (AvgIpc) is 3.02. The Hall–Kier alpha value is -2.04. The third-order valence-electron chi connectivity index (χ3n) is 3.96. The predicted octanol–water partition coefficient (Wildman–Crippen LogP) is 2.98. The van der Waals surface area contributed by atoms with Gasteiger partial charge in [-0.2, -0.15) is 0 Å². The summed E-state index contributed by atoms with van der Waals surface area (Å²) in [6.45, 7) is 9.10. The Morgan fingerprint density at radius 1 is 1.19 bits per heavy atom. The Morgan fingerprint density at radius 2 is 1.85 bits per heavy atom. The molecule has 2 N–H and O–H groups in total. The van der Waals surface area contributed by atoms with Crippen molar-refractivity contribution in [3.63, 3.8) is 0 Å². The van der Waals surface area contributed by atoms with Crippen LogP contribution in [0.25, 0.3) is 0 Å². The van der Waals surface area contributed by atoms with Crippen LogP contribution in [-0.4, -0.2) is 31.6 Å². The molecule has 2 aromatic rings. The number of amides is 1. The van der Waals surface area contributed by atoms with Gasteiger partial charge in [0.1, 0.15) is 5.75 Å². The number of hydrogen-bond acceptors (Lipinski definition) is 7. The summed E-state index contributed by atoms with van der Waals surface area (Å²) in [5.41, 5.74) is 2.78. The minimum atomic E-state index is -3.88. The number of methoxy groups -OCH3 is 1. The first-order valence-corrected chi connectivity index (χ1v) is 10.7. The molecule has 0 bridgehead atoms. The van der Waals surface area contributed by atoms with Crippen LogP contribution in [0.2, 0.25) is 0 Å². The van der Waals surface area contributed by atoms with Crippen LogP contribution >= 0.6 is 11.3 Å². The molecule has 1 aromatic heterocycles. The fourth-order valence-electron chi connectivity index (χ4n) is 2.68. The van der Waals surface area contributed by atoms with E-state index in [-0.39, 0.29) is 21.3 Å². The molecular formula is C17H24N4O4S2. The van der Waals surface area contributed by atoms with Crippen molar-refractivity contribution in [2.24, 2.45) is 0 Å². The summed E-state index contributed by atoms with van der Waals surface area (Å²) in [4.78, 5) is 11.1. The van der Waals surface area contributed by atoms with E-state index in [4.69, 9.17) is 4.74 Å². The number of rotatable bonds is 7. The van der Waals surface area contributed by atoms with Crippen molar-refractivity contribution in [3.05, 3.63) is 28.8 Å². The standard InChI is InChI=1S/C17H24N4O4S2/c1-9(2)13-8-14(10(3)7-15(13)25-6)11(4)21-27(23,24)17-20-19-16(26-17)18-12(5)22/h7-9,11,21H,1-6H3,(H,18,19,22)/t11-/m0/s1. The molecule has 0 unspecified atom stereocenters. The molecule has 0 aliphatic heterocycles. The minimum absolute atomic E-state index is 0.137. The number of carbonyl (C=O) groups excluding carboxylic acids is 1. The molecule has 1 atom stereocenters. The molecule has 0 aliphatic rings. The second kappa shape index (κ2) is 8.32. The van der Waals surface area contributed by atoms with Gasteiger partial charge in [0.2, 0.25) is 15.4 Å². The van der Waals surface area contributed by atoms with E-state index >= 15 is 0 Å². The van der Waals surface area contributed by atoms with E-state index in [0.717, 1.165) is 33.8 Å². The highest BCUT2D eigenvalue weighted by Crippen LogP contribution is 2.32. The molecule has 10 heteroatoms. The van der Waals surface area contributed by atoms with Gasteiger partial charge in [-0.15, -0.1) is 10.2 Å². The van der Waals surface area contributed by atoms with E-state index in [1.165, 1.54) is 6.92 Å². The van der Waals surface area contributed by atoms with Crippen molar-refractivity contribution in [2.75, 3.05) is 12.4 Å². The Balaban J connectivity index is 2.30. The van der Waals surface area contributed by atoms with Crippen molar-refractivity contribution in [2.45, 2.75) is 50.9 Å². The second-order valence-corrected chi connectivity index (χ2v) is 9.37. The summed E-state index contributed by atoms with van der Waals surface area (Å²) in [6.07, 6.45) is 0. The van der Waals surface area contributed by atoms with Crippen LogP contribution in [0.4, 0.5) is 5.13 Å². The third kappa shape index (κ3) is 5.02. The molecule has 0 aliphatic carbocycles. The molecule has 1 heterocycles. The number of hydrogen-bond donors (Lipinski definition) is 2. The number of aryl methyl sites for hydroxylation is 1. The lowest BCUT2D eigenvalue weighted by Crippen LogP contribution is -2.27. The Kier molecular flexibility index (Phi) is 6.55. The van der Waals surface area contributed by atoms with Crippen LogP contribution in [0.3, 0.4) is 0 Å². The van der Waals surface area contributed by atoms with Gasteiger partial charge in [0.25, 0.3) is 10.0 Å². The Labute approximate surface area is 163 Å². The summed E-state index contributed by atoms with van der Waals surface area (Å²) < 4.78 is 33.1. The maximum absolute atomic E-state index is 12.6. The van der Waals surface area contributed by atoms with E-state index in [0.29, 0.717) is 0 Å². The topological polar surface area (TPSA) is 110 Å². The fourth-order valence-corrected chi connectivity index (χ4v) is 4.86. The lowest BCUT2D eigenvalue weighted by molar-refractivity contribution is -0.114. The van der Waals surface area contributed by atoms with Gasteiger partial charge in [-0.05, 0) is 48.6 Å². The van der Waals surface area contributed by atoms with Crippen molar-refractivity contribution < 1.29 is 17.9 Å². The highest BCUT2D eigenvalue weighted by Gasteiger charge is 2.25. The van der Waals surface area contributed by atoms with Crippen LogP contribution in [0.5, 0.6) is 5.75 Å². The molecule has 0 spiro atoms. The molecule has 0 radical (unpaired) electrons. The van der Waals surface area contributed by atoms with Crippen LogP contribution < -0.4 is 14.8 Å². The lowest BCUT2D eigenvalue weighted by atomic mass is 9.94. The van der Waals surface area contributed by atoms with Crippen LogP contribution in [0.15, 0.2) is 16.5 Å². The van der Waals surface area contributed by atoms with Gasteiger partial charge in [-0.3, -0.25) is 4.79 Å². The first-order chi connectivity index (χ1) is 12.5. The largest absolute Gasteiger partial charge is 0.496 e. The second-order valence-electron chi connectivity index (χ2n) is 6.50. The van der Waals surface area contributed by atoms with Crippen molar-refractivity contribution >= 4 is 32.4 Å². The van der Waals surface area contributed by atoms with Gasteiger partial charge in [0.15, 0.2) is 0 Å². The van der Waals surface area contributed by atoms with Crippen LogP contribution in [0, 0.1) is 6.92 Å². The quantitative estimate of drug-likeness (QED) is 0.677. The monoisotopic (exact) mass is 412 g/mol. The summed E-state index contributed by atoms with van der Waals surface area (Å²) in [6, 6.07) is 3.40. The molecule has 1 amide bonds.